The largest absolute Gasteiger partial charge is 0.494 e. The van der Waals surface area contributed by atoms with Crippen LogP contribution in [0.4, 0.5) is 14.9 Å². The maximum Gasteiger partial charge on any atom is 0.415 e. The summed E-state index contributed by atoms with van der Waals surface area (Å²) in [6.07, 6.45) is 4.89. The summed E-state index contributed by atoms with van der Waals surface area (Å²) in [5.74, 6) is 0.443. The lowest BCUT2D eigenvalue weighted by molar-refractivity contribution is 0.00439. The molecule has 2 fully saturated rings. The van der Waals surface area contributed by atoms with Gasteiger partial charge in [0.15, 0.2) is 0 Å². The number of imidazole rings is 1. The molecule has 2 atom stereocenters. The number of ether oxygens (including phenoxy) is 2. The maximum atomic E-state index is 13.9. The number of benzene rings is 2. The summed E-state index contributed by atoms with van der Waals surface area (Å²) >= 11 is 0. The Kier molecular flexibility index (Phi) is 5.41. The zero-order valence-electron chi connectivity index (χ0n) is 18.5. The molecule has 2 unspecified atom stereocenters. The van der Waals surface area contributed by atoms with E-state index in [0.29, 0.717) is 25.2 Å². The molecule has 1 amide bonds. The van der Waals surface area contributed by atoms with Crippen LogP contribution in [0.25, 0.3) is 11.0 Å². The Hall–Kier alpha value is -3.60. The smallest absolute Gasteiger partial charge is 0.415 e. The van der Waals surface area contributed by atoms with Gasteiger partial charge in [0.2, 0.25) is 0 Å². The Labute approximate surface area is 191 Å². The molecule has 8 heteroatoms. The molecule has 1 aromatic heterocycles. The lowest BCUT2D eigenvalue weighted by atomic mass is 9.78. The van der Waals surface area contributed by atoms with Crippen molar-refractivity contribution in [1.82, 2.24) is 9.55 Å². The Morgan fingerprint density at radius 2 is 2.24 bits per heavy atom. The first-order valence-electron chi connectivity index (χ1n) is 11.3. The van der Waals surface area contributed by atoms with Crippen molar-refractivity contribution in [2.45, 2.75) is 44.8 Å². The Bertz CT molecular complexity index is 1250. The predicted molar refractivity (Wildman–Crippen MR) is 121 cm³/mol. The molecule has 0 radical (unpaired) electrons. The van der Waals surface area contributed by atoms with Crippen molar-refractivity contribution >= 4 is 22.8 Å². The first-order chi connectivity index (χ1) is 16.0. The van der Waals surface area contributed by atoms with E-state index in [9.17, 15) is 14.4 Å². The zero-order valence-corrected chi connectivity index (χ0v) is 18.5. The molecule has 1 saturated carbocycles. The van der Waals surface area contributed by atoms with E-state index in [1.54, 1.807) is 17.3 Å². The molecule has 2 aromatic carbocycles. The summed E-state index contributed by atoms with van der Waals surface area (Å²) in [7, 11) is 0. The van der Waals surface area contributed by atoms with Crippen molar-refractivity contribution in [3.8, 4) is 11.8 Å². The number of rotatable bonds is 5. The summed E-state index contributed by atoms with van der Waals surface area (Å²) in [5.41, 5.74) is 1.53. The number of carbonyl (C=O) groups is 1. The number of aromatic nitrogens is 2. The molecule has 7 nitrogen and oxygen atoms in total. The van der Waals surface area contributed by atoms with Crippen LogP contribution in [0, 0.1) is 23.1 Å². The Morgan fingerprint density at radius 1 is 1.36 bits per heavy atom. The van der Waals surface area contributed by atoms with Crippen LogP contribution < -0.4 is 9.64 Å². The fraction of sp³-hybridized carbons (Fsp3) is 0.400. The second-order valence-electron chi connectivity index (χ2n) is 8.86. The summed E-state index contributed by atoms with van der Waals surface area (Å²) in [6, 6.07) is 12.3. The highest BCUT2D eigenvalue weighted by molar-refractivity contribution is 5.90. The van der Waals surface area contributed by atoms with Crippen LogP contribution in [-0.4, -0.2) is 34.4 Å². The molecule has 2 aliphatic rings. The van der Waals surface area contributed by atoms with Crippen LogP contribution in [0.15, 0.2) is 42.7 Å². The number of nitrogens with zero attached hydrogens (tertiary/aromatic N) is 4. The van der Waals surface area contributed by atoms with E-state index in [0.717, 1.165) is 42.6 Å². The standard InChI is InChI=1S/C25H25FN4O3/c1-2-32-20-7-3-6-19(10-20)30-15-25(33-24(30)31)8-4-5-17(12-25)14-29-16-28-22-11-21(26)18(13-27)9-23(22)29/h3,6-7,9-11,16-17H,2,4-5,8,12,14-15H2,1H3. The van der Waals surface area contributed by atoms with Crippen molar-refractivity contribution in [3.63, 3.8) is 0 Å². The molecular weight excluding hydrogens is 423 g/mol. The minimum atomic E-state index is -0.557. The summed E-state index contributed by atoms with van der Waals surface area (Å²) in [5, 5.41) is 9.18. The fourth-order valence-corrected chi connectivity index (χ4v) is 5.15. The number of hydrogen-bond acceptors (Lipinski definition) is 5. The first kappa shape index (κ1) is 21.3. The van der Waals surface area contributed by atoms with Gasteiger partial charge in [0, 0.05) is 18.7 Å². The highest BCUT2D eigenvalue weighted by atomic mass is 19.1. The van der Waals surface area contributed by atoms with Crippen molar-refractivity contribution in [1.29, 1.82) is 5.26 Å². The van der Waals surface area contributed by atoms with E-state index >= 15 is 0 Å². The van der Waals surface area contributed by atoms with E-state index in [2.05, 4.69) is 4.98 Å². The molecule has 3 aromatic rings. The highest BCUT2D eigenvalue weighted by Crippen LogP contribution is 2.42. The highest BCUT2D eigenvalue weighted by Gasteiger charge is 2.48. The van der Waals surface area contributed by atoms with Crippen LogP contribution in [0.2, 0.25) is 0 Å². The molecule has 0 N–H and O–H groups in total. The third kappa shape index (κ3) is 3.99. The molecule has 1 aliphatic heterocycles. The van der Waals surface area contributed by atoms with Gasteiger partial charge in [-0.2, -0.15) is 5.26 Å². The number of anilines is 1. The molecular formula is C25H25FN4O3. The minimum Gasteiger partial charge on any atom is -0.494 e. The number of fused-ring (bicyclic) bond motifs is 1. The van der Waals surface area contributed by atoms with Gasteiger partial charge in [-0.1, -0.05) is 6.07 Å². The van der Waals surface area contributed by atoms with Crippen molar-refractivity contribution in [2.75, 3.05) is 18.1 Å². The zero-order chi connectivity index (χ0) is 23.0. The second kappa shape index (κ2) is 8.39. The molecule has 33 heavy (non-hydrogen) atoms. The number of hydrogen-bond donors (Lipinski definition) is 0. The summed E-state index contributed by atoms with van der Waals surface area (Å²) in [4.78, 5) is 18.8. The van der Waals surface area contributed by atoms with Crippen molar-refractivity contribution in [3.05, 3.63) is 54.1 Å². The minimum absolute atomic E-state index is 0.0130. The van der Waals surface area contributed by atoms with E-state index in [4.69, 9.17) is 9.47 Å². The van der Waals surface area contributed by atoms with Crippen molar-refractivity contribution in [2.24, 2.45) is 5.92 Å². The average molecular weight is 448 g/mol. The quantitative estimate of drug-likeness (QED) is 0.547. The summed E-state index contributed by atoms with van der Waals surface area (Å²) in [6.45, 7) is 3.67. The van der Waals surface area contributed by atoms with Gasteiger partial charge in [-0.15, -0.1) is 0 Å². The lowest BCUT2D eigenvalue weighted by Crippen LogP contribution is -2.40. The topological polar surface area (TPSA) is 80.4 Å². The first-order valence-corrected chi connectivity index (χ1v) is 11.3. The molecule has 170 valence electrons. The van der Waals surface area contributed by atoms with Gasteiger partial charge in [0.05, 0.1) is 41.8 Å². The van der Waals surface area contributed by atoms with Crippen molar-refractivity contribution < 1.29 is 18.7 Å². The van der Waals surface area contributed by atoms with Gasteiger partial charge < -0.3 is 14.0 Å². The SMILES string of the molecule is CCOc1cccc(N2CC3(CCCC(Cn4cnc5cc(F)c(C#N)cc54)C3)OC2=O)c1. The third-order valence-corrected chi connectivity index (χ3v) is 6.60. The molecule has 5 rings (SSSR count). The average Bonchev–Trinajstić information content (AvgIpc) is 3.33. The lowest BCUT2D eigenvalue weighted by Gasteiger charge is -2.36. The Balaban J connectivity index is 1.34. The third-order valence-electron chi connectivity index (χ3n) is 6.60. The van der Waals surface area contributed by atoms with Gasteiger partial charge in [0.1, 0.15) is 23.2 Å². The van der Waals surface area contributed by atoms with Crippen LogP contribution in [0.3, 0.4) is 0 Å². The van der Waals surface area contributed by atoms with E-state index in [1.165, 1.54) is 6.07 Å². The molecule has 1 spiro atoms. The van der Waals surface area contributed by atoms with E-state index in [-0.39, 0.29) is 17.6 Å². The molecule has 1 saturated heterocycles. The maximum absolute atomic E-state index is 13.9. The molecule has 0 bridgehead atoms. The number of halogens is 1. The Morgan fingerprint density at radius 3 is 3.06 bits per heavy atom. The van der Waals surface area contributed by atoms with Gasteiger partial charge in [-0.25, -0.2) is 14.2 Å². The molecule has 2 heterocycles. The van der Waals surface area contributed by atoms with Crippen LogP contribution in [-0.2, 0) is 11.3 Å². The van der Waals surface area contributed by atoms with Gasteiger partial charge in [-0.3, -0.25) is 4.90 Å². The number of nitriles is 1. The molecule has 1 aliphatic carbocycles. The van der Waals surface area contributed by atoms with Crippen LogP contribution in [0.1, 0.15) is 38.2 Å². The number of amides is 1. The number of carbonyl (C=O) groups excluding carboxylic acids is 1. The van der Waals surface area contributed by atoms with E-state index < -0.39 is 11.4 Å². The normalized spacial score (nSPS) is 22.5. The monoisotopic (exact) mass is 448 g/mol. The second-order valence-corrected chi connectivity index (χ2v) is 8.86. The van der Waals surface area contributed by atoms with Crippen LogP contribution in [0.5, 0.6) is 5.75 Å². The predicted octanol–water partition coefficient (Wildman–Crippen LogP) is 5.03. The van der Waals surface area contributed by atoms with E-state index in [1.807, 2.05) is 41.8 Å². The summed E-state index contributed by atoms with van der Waals surface area (Å²) < 4.78 is 27.5. The van der Waals surface area contributed by atoms with Gasteiger partial charge >= 0.3 is 6.09 Å². The van der Waals surface area contributed by atoms with Gasteiger partial charge in [-0.05, 0) is 56.7 Å². The van der Waals surface area contributed by atoms with Crippen LogP contribution >= 0.6 is 0 Å². The fourth-order valence-electron chi connectivity index (χ4n) is 5.15. The van der Waals surface area contributed by atoms with Gasteiger partial charge in [0.25, 0.3) is 0 Å².